The van der Waals surface area contributed by atoms with E-state index in [9.17, 15) is 9.90 Å². The Morgan fingerprint density at radius 1 is 1.23 bits per heavy atom. The lowest BCUT2D eigenvalue weighted by Crippen LogP contribution is -2.36. The van der Waals surface area contributed by atoms with E-state index in [0.29, 0.717) is 35.4 Å². The molecule has 0 bridgehead atoms. The average Bonchev–Trinajstić information content (AvgIpc) is 2.62. The number of nitrogens with one attached hydrogen (secondary N) is 1. The van der Waals surface area contributed by atoms with Crippen molar-refractivity contribution in [3.8, 4) is 5.75 Å². The predicted octanol–water partition coefficient (Wildman–Crippen LogP) is 4.87. The third-order valence-corrected chi connectivity index (χ3v) is 5.06. The highest BCUT2D eigenvalue weighted by Crippen LogP contribution is 2.25. The molecule has 0 spiro atoms. The average molecular weight is 414 g/mol. The van der Waals surface area contributed by atoms with Crippen molar-refractivity contribution < 1.29 is 14.6 Å². The molecule has 0 heterocycles. The molecule has 2 aromatic rings. The van der Waals surface area contributed by atoms with Crippen molar-refractivity contribution in [2.45, 2.75) is 25.6 Å². The monoisotopic (exact) mass is 413 g/mol. The minimum absolute atomic E-state index is 0.323. The van der Waals surface area contributed by atoms with Gasteiger partial charge in [0.1, 0.15) is 18.4 Å². The van der Waals surface area contributed by atoms with Crippen LogP contribution in [-0.2, 0) is 17.9 Å². The van der Waals surface area contributed by atoms with Crippen molar-refractivity contribution in [3.05, 3.63) is 63.6 Å². The summed E-state index contributed by atoms with van der Waals surface area (Å²) in [4.78, 5) is 11.4. The second-order valence-electron chi connectivity index (χ2n) is 5.69. The second kappa shape index (κ2) is 10.7. The maximum absolute atomic E-state index is 11.4. The summed E-state index contributed by atoms with van der Waals surface area (Å²) in [5, 5.41) is 13.6. The van der Waals surface area contributed by atoms with Crippen molar-refractivity contribution in [3.63, 3.8) is 0 Å². The van der Waals surface area contributed by atoms with Crippen LogP contribution in [0.5, 0.6) is 5.75 Å². The standard InChI is InChI=1S/C19H21Cl2NO3S/c1-26-9-8-17(19(23)24)22-11-14-10-15(20)6-7-18(14)25-12-13-4-2-3-5-16(13)21/h2-7,10,17,22H,8-9,11-12H2,1H3,(H,23,24). The molecule has 0 saturated heterocycles. The summed E-state index contributed by atoms with van der Waals surface area (Å²) < 4.78 is 5.90. The Labute approximate surface area is 167 Å². The zero-order valence-corrected chi connectivity index (χ0v) is 16.7. The van der Waals surface area contributed by atoms with Gasteiger partial charge in [0.15, 0.2) is 0 Å². The molecule has 1 atom stereocenters. The predicted molar refractivity (Wildman–Crippen MR) is 108 cm³/mol. The summed E-state index contributed by atoms with van der Waals surface area (Å²) in [6, 6.07) is 12.2. The number of rotatable bonds is 10. The van der Waals surface area contributed by atoms with Crippen molar-refractivity contribution in [2.24, 2.45) is 0 Å². The van der Waals surface area contributed by atoms with Gasteiger partial charge in [-0.15, -0.1) is 0 Å². The Bertz CT molecular complexity index is 742. The molecule has 26 heavy (non-hydrogen) atoms. The molecule has 140 valence electrons. The highest BCUT2D eigenvalue weighted by Gasteiger charge is 2.17. The molecule has 0 aliphatic rings. The van der Waals surface area contributed by atoms with Crippen LogP contribution < -0.4 is 10.1 Å². The molecule has 2 rings (SSSR count). The molecule has 0 saturated carbocycles. The molecule has 2 aromatic carbocycles. The summed E-state index contributed by atoms with van der Waals surface area (Å²) in [5.41, 5.74) is 1.69. The van der Waals surface area contributed by atoms with Gasteiger partial charge in [0.05, 0.1) is 0 Å². The van der Waals surface area contributed by atoms with Crippen LogP contribution in [0.15, 0.2) is 42.5 Å². The molecule has 0 aliphatic carbocycles. The highest BCUT2D eigenvalue weighted by molar-refractivity contribution is 7.98. The van der Waals surface area contributed by atoms with Crippen molar-refractivity contribution >= 4 is 40.9 Å². The molecular weight excluding hydrogens is 393 g/mol. The first-order chi connectivity index (χ1) is 12.5. The quantitative estimate of drug-likeness (QED) is 0.581. The van der Waals surface area contributed by atoms with Crippen LogP contribution in [-0.4, -0.2) is 29.1 Å². The van der Waals surface area contributed by atoms with E-state index < -0.39 is 12.0 Å². The zero-order valence-electron chi connectivity index (χ0n) is 14.4. The molecule has 2 N–H and O–H groups in total. The summed E-state index contributed by atoms with van der Waals surface area (Å²) in [6.45, 7) is 0.674. The fraction of sp³-hybridized carbons (Fsp3) is 0.316. The van der Waals surface area contributed by atoms with E-state index in [1.807, 2.05) is 30.5 Å². The van der Waals surface area contributed by atoms with E-state index in [4.69, 9.17) is 27.9 Å². The molecule has 0 radical (unpaired) electrons. The van der Waals surface area contributed by atoms with E-state index in [1.54, 1.807) is 30.0 Å². The second-order valence-corrected chi connectivity index (χ2v) is 7.51. The number of aliphatic carboxylic acids is 1. The van der Waals surface area contributed by atoms with Gasteiger partial charge < -0.3 is 15.2 Å². The lowest BCUT2D eigenvalue weighted by molar-refractivity contribution is -0.139. The topological polar surface area (TPSA) is 58.6 Å². The zero-order chi connectivity index (χ0) is 18.9. The molecular formula is C19H21Cl2NO3S. The van der Waals surface area contributed by atoms with Gasteiger partial charge >= 0.3 is 5.97 Å². The first-order valence-electron chi connectivity index (χ1n) is 8.11. The van der Waals surface area contributed by atoms with Crippen LogP contribution in [0.2, 0.25) is 10.0 Å². The summed E-state index contributed by atoms with van der Waals surface area (Å²) >= 11 is 13.9. The van der Waals surface area contributed by atoms with E-state index in [0.717, 1.165) is 16.9 Å². The number of ether oxygens (including phenoxy) is 1. The Kier molecular flexibility index (Phi) is 8.59. The van der Waals surface area contributed by atoms with Crippen LogP contribution in [0.25, 0.3) is 0 Å². The SMILES string of the molecule is CSCCC(NCc1cc(Cl)ccc1OCc1ccccc1Cl)C(=O)O. The maximum atomic E-state index is 11.4. The van der Waals surface area contributed by atoms with E-state index in [1.165, 1.54) is 0 Å². The molecule has 0 amide bonds. The maximum Gasteiger partial charge on any atom is 0.320 e. The number of benzene rings is 2. The number of hydrogen-bond donors (Lipinski definition) is 2. The van der Waals surface area contributed by atoms with E-state index in [2.05, 4.69) is 5.32 Å². The molecule has 1 unspecified atom stereocenters. The smallest absolute Gasteiger partial charge is 0.320 e. The van der Waals surface area contributed by atoms with Gasteiger partial charge in [-0.2, -0.15) is 11.8 Å². The van der Waals surface area contributed by atoms with Crippen molar-refractivity contribution in [1.82, 2.24) is 5.32 Å². The number of carboxylic acids is 1. The molecule has 0 fully saturated rings. The Balaban J connectivity index is 2.06. The normalized spacial score (nSPS) is 12.0. The van der Waals surface area contributed by atoms with Crippen molar-refractivity contribution in [2.75, 3.05) is 12.0 Å². The largest absolute Gasteiger partial charge is 0.489 e. The lowest BCUT2D eigenvalue weighted by Gasteiger charge is -2.17. The minimum atomic E-state index is -0.861. The first kappa shape index (κ1) is 20.9. The Morgan fingerprint density at radius 3 is 2.69 bits per heavy atom. The summed E-state index contributed by atoms with van der Waals surface area (Å²) in [6.07, 6.45) is 2.50. The minimum Gasteiger partial charge on any atom is -0.489 e. The Morgan fingerprint density at radius 2 is 2.00 bits per heavy atom. The summed E-state index contributed by atoms with van der Waals surface area (Å²) in [5.74, 6) is 0.561. The van der Waals surface area contributed by atoms with Gasteiger partial charge in [0.25, 0.3) is 0 Å². The summed E-state index contributed by atoms with van der Waals surface area (Å²) in [7, 11) is 0. The van der Waals surface area contributed by atoms with Gasteiger partial charge in [0.2, 0.25) is 0 Å². The van der Waals surface area contributed by atoms with Gasteiger partial charge in [-0.3, -0.25) is 4.79 Å². The third-order valence-electron chi connectivity index (χ3n) is 3.81. The molecule has 0 aliphatic heterocycles. The van der Waals surface area contributed by atoms with Gasteiger partial charge in [-0.25, -0.2) is 0 Å². The van der Waals surface area contributed by atoms with Crippen LogP contribution in [0, 0.1) is 0 Å². The number of carboxylic acid groups (broad SMARTS) is 1. The molecule has 4 nitrogen and oxygen atoms in total. The van der Waals surface area contributed by atoms with Gasteiger partial charge in [-0.1, -0.05) is 41.4 Å². The highest BCUT2D eigenvalue weighted by atomic mass is 35.5. The van der Waals surface area contributed by atoms with Crippen molar-refractivity contribution in [1.29, 1.82) is 0 Å². The fourth-order valence-electron chi connectivity index (χ4n) is 2.38. The van der Waals surface area contributed by atoms with Crippen LogP contribution in [0.4, 0.5) is 0 Å². The van der Waals surface area contributed by atoms with E-state index in [-0.39, 0.29) is 0 Å². The number of carbonyl (C=O) groups is 1. The lowest BCUT2D eigenvalue weighted by atomic mass is 10.1. The first-order valence-corrected chi connectivity index (χ1v) is 10.3. The number of hydrogen-bond acceptors (Lipinski definition) is 4. The molecule has 7 heteroatoms. The van der Waals surface area contributed by atoms with Gasteiger partial charge in [-0.05, 0) is 42.7 Å². The van der Waals surface area contributed by atoms with Crippen LogP contribution in [0.3, 0.4) is 0 Å². The number of halogens is 2. The third kappa shape index (κ3) is 6.40. The molecule has 0 aromatic heterocycles. The Hall–Kier alpha value is -1.40. The van der Waals surface area contributed by atoms with Crippen LogP contribution >= 0.6 is 35.0 Å². The van der Waals surface area contributed by atoms with E-state index >= 15 is 0 Å². The van der Waals surface area contributed by atoms with Gasteiger partial charge in [0, 0.05) is 27.7 Å². The number of thioether (sulfide) groups is 1. The fourth-order valence-corrected chi connectivity index (χ4v) is 3.24. The van der Waals surface area contributed by atoms with Crippen LogP contribution in [0.1, 0.15) is 17.5 Å².